The van der Waals surface area contributed by atoms with Crippen molar-refractivity contribution in [1.82, 2.24) is 4.90 Å². The van der Waals surface area contributed by atoms with Gasteiger partial charge in [0.2, 0.25) is 11.8 Å². The first-order valence-electron chi connectivity index (χ1n) is 9.11. The van der Waals surface area contributed by atoms with Crippen molar-refractivity contribution in [2.75, 3.05) is 18.4 Å². The van der Waals surface area contributed by atoms with E-state index in [0.29, 0.717) is 24.3 Å². The monoisotopic (exact) mass is 350 g/mol. The van der Waals surface area contributed by atoms with Crippen LogP contribution in [0.2, 0.25) is 0 Å². The Morgan fingerprint density at radius 1 is 0.885 bits per heavy atom. The summed E-state index contributed by atoms with van der Waals surface area (Å²) in [6, 6.07) is 16.7. The lowest BCUT2D eigenvalue weighted by atomic mass is 10.0. The number of ether oxygens (including phenoxy) is 1. The van der Waals surface area contributed by atoms with E-state index in [1.807, 2.05) is 47.4 Å². The SMILES string of the molecule is O=C(Nc1ccc(Oc2ccccc2)cc1)C1(C(=O)N2CCCC2)CC1. The van der Waals surface area contributed by atoms with Gasteiger partial charge in [0, 0.05) is 18.8 Å². The first kappa shape index (κ1) is 16.6. The fourth-order valence-electron chi connectivity index (χ4n) is 3.37. The van der Waals surface area contributed by atoms with Crippen LogP contribution in [0.15, 0.2) is 54.6 Å². The molecular formula is C21H22N2O3. The normalized spacial score (nSPS) is 17.6. The van der Waals surface area contributed by atoms with Crippen LogP contribution in [0, 0.1) is 5.41 Å². The molecule has 1 aliphatic heterocycles. The number of carbonyl (C=O) groups is 2. The highest BCUT2D eigenvalue weighted by Gasteiger charge is 2.58. The molecule has 0 spiro atoms. The maximum Gasteiger partial charge on any atom is 0.240 e. The molecule has 1 aliphatic carbocycles. The number of para-hydroxylation sites is 1. The maximum atomic E-state index is 12.7. The zero-order valence-corrected chi connectivity index (χ0v) is 14.6. The standard InChI is InChI=1S/C21H22N2O3/c24-19(21(12-13-21)20(25)23-14-4-5-15-23)22-16-8-10-18(11-9-16)26-17-6-2-1-3-7-17/h1-3,6-11H,4-5,12-15H2,(H,22,24). The Labute approximate surface area is 153 Å². The first-order chi connectivity index (χ1) is 12.7. The Hall–Kier alpha value is -2.82. The van der Waals surface area contributed by atoms with Crippen LogP contribution < -0.4 is 10.1 Å². The van der Waals surface area contributed by atoms with Crippen LogP contribution in [0.1, 0.15) is 25.7 Å². The molecule has 2 aliphatic rings. The lowest BCUT2D eigenvalue weighted by Gasteiger charge is -2.22. The molecule has 2 amide bonds. The van der Waals surface area contributed by atoms with Crippen molar-refractivity contribution >= 4 is 17.5 Å². The fraction of sp³-hybridized carbons (Fsp3) is 0.333. The molecule has 5 heteroatoms. The molecule has 1 N–H and O–H groups in total. The van der Waals surface area contributed by atoms with E-state index in [2.05, 4.69) is 5.32 Å². The van der Waals surface area contributed by atoms with Crippen molar-refractivity contribution in [3.05, 3.63) is 54.6 Å². The van der Waals surface area contributed by atoms with Crippen molar-refractivity contribution in [2.45, 2.75) is 25.7 Å². The Balaban J connectivity index is 1.39. The fourth-order valence-corrected chi connectivity index (χ4v) is 3.37. The molecule has 26 heavy (non-hydrogen) atoms. The molecule has 1 saturated carbocycles. The van der Waals surface area contributed by atoms with Gasteiger partial charge in [0.15, 0.2) is 0 Å². The summed E-state index contributed by atoms with van der Waals surface area (Å²) in [5, 5.41) is 2.90. The minimum absolute atomic E-state index is 0.00321. The van der Waals surface area contributed by atoms with E-state index in [-0.39, 0.29) is 11.8 Å². The second-order valence-electron chi connectivity index (χ2n) is 6.98. The van der Waals surface area contributed by atoms with Crippen LogP contribution in [0.25, 0.3) is 0 Å². The smallest absolute Gasteiger partial charge is 0.240 e. The zero-order chi connectivity index (χ0) is 18.0. The molecular weight excluding hydrogens is 328 g/mol. The second-order valence-corrected chi connectivity index (χ2v) is 6.98. The molecule has 0 aromatic heterocycles. The highest BCUT2D eigenvalue weighted by molar-refractivity contribution is 6.13. The number of nitrogens with one attached hydrogen (secondary N) is 1. The Bertz CT molecular complexity index is 792. The molecule has 2 aromatic carbocycles. The molecule has 4 rings (SSSR count). The van der Waals surface area contributed by atoms with Gasteiger partial charge in [0.05, 0.1) is 0 Å². The number of amides is 2. The van der Waals surface area contributed by atoms with Gasteiger partial charge in [-0.25, -0.2) is 0 Å². The van der Waals surface area contributed by atoms with Crippen LogP contribution in [-0.2, 0) is 9.59 Å². The van der Waals surface area contributed by atoms with Gasteiger partial charge >= 0.3 is 0 Å². The number of likely N-dealkylation sites (tertiary alicyclic amines) is 1. The van der Waals surface area contributed by atoms with Crippen molar-refractivity contribution in [3.63, 3.8) is 0 Å². The minimum atomic E-state index is -0.844. The molecule has 134 valence electrons. The molecule has 2 aromatic rings. The highest BCUT2D eigenvalue weighted by Crippen LogP contribution is 2.48. The topological polar surface area (TPSA) is 58.6 Å². The predicted molar refractivity (Wildman–Crippen MR) is 99.1 cm³/mol. The van der Waals surface area contributed by atoms with Gasteiger partial charge in [0.25, 0.3) is 0 Å². The number of benzene rings is 2. The number of anilines is 1. The molecule has 1 saturated heterocycles. The third-order valence-electron chi connectivity index (χ3n) is 5.08. The van der Waals surface area contributed by atoms with E-state index in [1.165, 1.54) is 0 Å². The summed E-state index contributed by atoms with van der Waals surface area (Å²) in [5.74, 6) is 1.27. The number of nitrogens with zero attached hydrogens (tertiary/aromatic N) is 1. The van der Waals surface area contributed by atoms with Gasteiger partial charge in [-0.15, -0.1) is 0 Å². The molecule has 1 heterocycles. The van der Waals surface area contributed by atoms with Crippen LogP contribution in [0.3, 0.4) is 0 Å². The minimum Gasteiger partial charge on any atom is -0.457 e. The molecule has 2 fully saturated rings. The molecule has 0 unspecified atom stereocenters. The summed E-state index contributed by atoms with van der Waals surface area (Å²) in [4.78, 5) is 27.2. The van der Waals surface area contributed by atoms with Gasteiger partial charge in [-0.3, -0.25) is 9.59 Å². The lowest BCUT2D eigenvalue weighted by Crippen LogP contribution is -2.41. The van der Waals surface area contributed by atoms with E-state index in [4.69, 9.17) is 4.74 Å². The van der Waals surface area contributed by atoms with Crippen molar-refractivity contribution in [3.8, 4) is 11.5 Å². The summed E-state index contributed by atoms with van der Waals surface area (Å²) in [5.41, 5.74) is -0.167. The summed E-state index contributed by atoms with van der Waals surface area (Å²) >= 11 is 0. The zero-order valence-electron chi connectivity index (χ0n) is 14.6. The average Bonchev–Trinajstić information content (AvgIpc) is 3.30. The number of carbonyl (C=O) groups excluding carboxylic acids is 2. The van der Waals surface area contributed by atoms with Crippen molar-refractivity contribution in [1.29, 1.82) is 0 Å². The Morgan fingerprint density at radius 3 is 2.12 bits per heavy atom. The lowest BCUT2D eigenvalue weighted by molar-refractivity contribution is -0.141. The van der Waals surface area contributed by atoms with E-state index < -0.39 is 5.41 Å². The van der Waals surface area contributed by atoms with E-state index in [1.54, 1.807) is 12.1 Å². The van der Waals surface area contributed by atoms with Gasteiger partial charge in [-0.05, 0) is 62.1 Å². The van der Waals surface area contributed by atoms with Gasteiger partial charge < -0.3 is 15.0 Å². The maximum absolute atomic E-state index is 12.7. The molecule has 5 nitrogen and oxygen atoms in total. The Kier molecular flexibility index (Phi) is 4.37. The van der Waals surface area contributed by atoms with Crippen LogP contribution in [-0.4, -0.2) is 29.8 Å². The Morgan fingerprint density at radius 2 is 1.50 bits per heavy atom. The van der Waals surface area contributed by atoms with Crippen LogP contribution >= 0.6 is 0 Å². The van der Waals surface area contributed by atoms with Crippen molar-refractivity contribution < 1.29 is 14.3 Å². The summed E-state index contributed by atoms with van der Waals surface area (Å²) < 4.78 is 5.75. The molecule has 0 atom stereocenters. The van der Waals surface area contributed by atoms with Gasteiger partial charge in [-0.2, -0.15) is 0 Å². The summed E-state index contributed by atoms with van der Waals surface area (Å²) in [6.45, 7) is 1.55. The van der Waals surface area contributed by atoms with Crippen molar-refractivity contribution in [2.24, 2.45) is 5.41 Å². The van der Waals surface area contributed by atoms with E-state index >= 15 is 0 Å². The number of rotatable bonds is 5. The summed E-state index contributed by atoms with van der Waals surface area (Å²) in [6.07, 6.45) is 3.35. The van der Waals surface area contributed by atoms with E-state index in [0.717, 1.165) is 31.7 Å². The van der Waals surface area contributed by atoms with Gasteiger partial charge in [-0.1, -0.05) is 18.2 Å². The molecule has 0 bridgehead atoms. The quantitative estimate of drug-likeness (QED) is 0.834. The first-order valence-corrected chi connectivity index (χ1v) is 9.11. The predicted octanol–water partition coefficient (Wildman–Crippen LogP) is 3.82. The number of hydrogen-bond acceptors (Lipinski definition) is 3. The summed E-state index contributed by atoms with van der Waals surface area (Å²) in [7, 11) is 0. The largest absolute Gasteiger partial charge is 0.457 e. The highest BCUT2D eigenvalue weighted by atomic mass is 16.5. The van der Waals surface area contributed by atoms with Crippen LogP contribution in [0.4, 0.5) is 5.69 Å². The number of hydrogen-bond donors (Lipinski definition) is 1. The third kappa shape index (κ3) is 3.29. The van der Waals surface area contributed by atoms with E-state index in [9.17, 15) is 9.59 Å². The molecule has 0 radical (unpaired) electrons. The average molecular weight is 350 g/mol. The van der Waals surface area contributed by atoms with Gasteiger partial charge in [0.1, 0.15) is 16.9 Å². The second kappa shape index (κ2) is 6.83. The third-order valence-corrected chi connectivity index (χ3v) is 5.08. The van der Waals surface area contributed by atoms with Crippen LogP contribution in [0.5, 0.6) is 11.5 Å².